The fraction of sp³-hybridized carbons (Fsp3) is 0.276. The van der Waals surface area contributed by atoms with Crippen molar-refractivity contribution in [1.29, 1.82) is 0 Å². The molecule has 0 unspecified atom stereocenters. The lowest BCUT2D eigenvalue weighted by atomic mass is 10.2. The van der Waals surface area contributed by atoms with Gasteiger partial charge in [-0.05, 0) is 61.7 Å². The lowest BCUT2D eigenvalue weighted by molar-refractivity contribution is 0.136. The standard InChI is InChI=1S/C29H27ClFN5O3S/c1-2-32-29(37)39-16-22-7-6-20(35-22)8-10-23-14-24-27(33-17-34-28(24)40-23)36-21-9-11-26(25(30)13-21)38-15-18-4-3-5-19(31)12-18/h3-5,9,11-14,17,20,22,35H,2,6-7,15-16H2,1H3,(H,32,37)(H,33,34,36)/t20-,22-/m1/s1. The Morgan fingerprint density at radius 2 is 2.12 bits per heavy atom. The molecule has 2 aromatic carbocycles. The second-order valence-corrected chi connectivity index (χ2v) is 10.6. The molecule has 0 bridgehead atoms. The second-order valence-electron chi connectivity index (χ2n) is 9.13. The van der Waals surface area contributed by atoms with Gasteiger partial charge >= 0.3 is 6.09 Å². The maximum absolute atomic E-state index is 13.4. The van der Waals surface area contributed by atoms with E-state index in [0.717, 1.165) is 33.6 Å². The molecule has 2 atom stereocenters. The smallest absolute Gasteiger partial charge is 0.407 e. The molecule has 1 saturated heterocycles. The van der Waals surface area contributed by atoms with E-state index in [1.165, 1.54) is 29.8 Å². The Kier molecular flexibility index (Phi) is 8.96. The number of carbonyl (C=O) groups excluding carboxylic acids is 1. The van der Waals surface area contributed by atoms with Crippen LogP contribution in [-0.2, 0) is 11.3 Å². The minimum Gasteiger partial charge on any atom is -0.487 e. The Labute approximate surface area is 240 Å². The number of hydrogen-bond donors (Lipinski definition) is 3. The van der Waals surface area contributed by atoms with Crippen molar-refractivity contribution in [3.8, 4) is 17.6 Å². The first kappa shape index (κ1) is 27.6. The Balaban J connectivity index is 1.21. The van der Waals surface area contributed by atoms with Gasteiger partial charge in [0.25, 0.3) is 0 Å². The van der Waals surface area contributed by atoms with Crippen LogP contribution in [-0.4, -0.2) is 41.3 Å². The molecule has 3 N–H and O–H groups in total. The number of nitrogens with one attached hydrogen (secondary N) is 3. The van der Waals surface area contributed by atoms with Crippen LogP contribution < -0.4 is 20.7 Å². The minimum absolute atomic E-state index is 0.0283. The summed E-state index contributed by atoms with van der Waals surface area (Å²) in [5.41, 5.74) is 1.45. The van der Waals surface area contributed by atoms with Gasteiger partial charge in [0.1, 0.15) is 41.8 Å². The van der Waals surface area contributed by atoms with Gasteiger partial charge in [0.05, 0.1) is 21.3 Å². The third-order valence-electron chi connectivity index (χ3n) is 6.15. The average molecular weight is 580 g/mol. The van der Waals surface area contributed by atoms with Crippen LogP contribution in [0.4, 0.5) is 20.7 Å². The first-order valence-electron chi connectivity index (χ1n) is 12.8. The number of hydrogen-bond acceptors (Lipinski definition) is 8. The van der Waals surface area contributed by atoms with Gasteiger partial charge in [-0.1, -0.05) is 35.6 Å². The molecular weight excluding hydrogens is 553 g/mol. The van der Waals surface area contributed by atoms with Crippen molar-refractivity contribution in [3.63, 3.8) is 0 Å². The summed E-state index contributed by atoms with van der Waals surface area (Å²) in [4.78, 5) is 22.0. The maximum Gasteiger partial charge on any atom is 0.407 e. The van der Waals surface area contributed by atoms with E-state index >= 15 is 0 Å². The van der Waals surface area contributed by atoms with Crippen LogP contribution in [0.5, 0.6) is 5.75 Å². The Bertz CT molecular complexity index is 1570. The highest BCUT2D eigenvalue weighted by atomic mass is 35.5. The summed E-state index contributed by atoms with van der Waals surface area (Å²) in [6.07, 6.45) is 2.88. The zero-order chi connectivity index (χ0) is 27.9. The van der Waals surface area contributed by atoms with Crippen LogP contribution >= 0.6 is 22.9 Å². The van der Waals surface area contributed by atoms with Crippen LogP contribution in [0.25, 0.3) is 10.2 Å². The number of fused-ring (bicyclic) bond motifs is 1. The van der Waals surface area contributed by atoms with Crippen molar-refractivity contribution >= 4 is 50.8 Å². The van der Waals surface area contributed by atoms with Gasteiger partial charge in [0.2, 0.25) is 0 Å². The topological polar surface area (TPSA) is 97.4 Å². The third kappa shape index (κ3) is 7.18. The van der Waals surface area contributed by atoms with E-state index < -0.39 is 6.09 Å². The lowest BCUT2D eigenvalue weighted by Gasteiger charge is -2.11. The summed E-state index contributed by atoms with van der Waals surface area (Å²) in [7, 11) is 0. The molecule has 0 saturated carbocycles. The first-order chi connectivity index (χ1) is 19.5. The number of anilines is 2. The van der Waals surface area contributed by atoms with Gasteiger partial charge in [-0.2, -0.15) is 0 Å². The number of benzene rings is 2. The van der Waals surface area contributed by atoms with Crippen LogP contribution in [0.15, 0.2) is 54.9 Å². The molecule has 1 aliphatic rings. The largest absolute Gasteiger partial charge is 0.487 e. The number of amides is 1. The van der Waals surface area contributed by atoms with E-state index in [2.05, 4.69) is 37.8 Å². The zero-order valence-corrected chi connectivity index (χ0v) is 23.2. The summed E-state index contributed by atoms with van der Waals surface area (Å²) < 4.78 is 24.4. The van der Waals surface area contributed by atoms with Crippen LogP contribution in [0.3, 0.4) is 0 Å². The number of thiophene rings is 1. The molecule has 11 heteroatoms. The molecule has 1 aliphatic heterocycles. The Hall–Kier alpha value is -3.91. The highest BCUT2D eigenvalue weighted by Crippen LogP contribution is 2.33. The molecule has 1 fully saturated rings. The highest BCUT2D eigenvalue weighted by Gasteiger charge is 2.23. The van der Waals surface area contributed by atoms with Crippen molar-refractivity contribution in [2.75, 3.05) is 18.5 Å². The summed E-state index contributed by atoms with van der Waals surface area (Å²) in [5, 5.41) is 10.6. The molecule has 0 spiro atoms. The van der Waals surface area contributed by atoms with E-state index in [9.17, 15) is 9.18 Å². The highest BCUT2D eigenvalue weighted by molar-refractivity contribution is 7.19. The number of carbonyl (C=O) groups is 1. The number of nitrogens with zero attached hydrogens (tertiary/aromatic N) is 2. The van der Waals surface area contributed by atoms with Gasteiger partial charge in [-0.15, -0.1) is 11.3 Å². The van der Waals surface area contributed by atoms with Crippen molar-refractivity contribution < 1.29 is 18.7 Å². The van der Waals surface area contributed by atoms with Crippen molar-refractivity contribution in [1.82, 2.24) is 20.6 Å². The lowest BCUT2D eigenvalue weighted by Crippen LogP contribution is -2.35. The monoisotopic (exact) mass is 579 g/mol. The Morgan fingerprint density at radius 3 is 2.95 bits per heavy atom. The van der Waals surface area contributed by atoms with E-state index in [-0.39, 0.29) is 24.5 Å². The zero-order valence-electron chi connectivity index (χ0n) is 21.7. The number of ether oxygens (including phenoxy) is 2. The van der Waals surface area contributed by atoms with Crippen LogP contribution in [0.1, 0.15) is 30.2 Å². The fourth-order valence-corrected chi connectivity index (χ4v) is 5.33. The second kappa shape index (κ2) is 13.0. The summed E-state index contributed by atoms with van der Waals surface area (Å²) in [6, 6.07) is 13.7. The predicted octanol–water partition coefficient (Wildman–Crippen LogP) is 6.02. The minimum atomic E-state index is -0.401. The SMILES string of the molecule is CCNC(=O)OC[C@H]1CC[C@H](C#Cc2cc3c(Nc4ccc(OCc5cccc(F)c5)c(Cl)c4)ncnc3s2)N1. The van der Waals surface area contributed by atoms with E-state index in [0.29, 0.717) is 35.3 Å². The summed E-state index contributed by atoms with van der Waals surface area (Å²) >= 11 is 7.95. The van der Waals surface area contributed by atoms with Crippen LogP contribution in [0.2, 0.25) is 5.02 Å². The van der Waals surface area contributed by atoms with Gasteiger partial charge in [0.15, 0.2) is 0 Å². The van der Waals surface area contributed by atoms with Gasteiger partial charge in [0, 0.05) is 18.3 Å². The van der Waals surface area contributed by atoms with Gasteiger partial charge in [-0.3, -0.25) is 5.32 Å². The third-order valence-corrected chi connectivity index (χ3v) is 7.41. The molecule has 8 nitrogen and oxygen atoms in total. The number of aromatic nitrogens is 2. The summed E-state index contributed by atoms with van der Waals surface area (Å²) in [5.74, 6) is 7.36. The van der Waals surface area contributed by atoms with Gasteiger partial charge in [-0.25, -0.2) is 19.2 Å². The molecular formula is C29H27ClFN5O3S. The molecule has 4 aromatic rings. The van der Waals surface area contributed by atoms with Crippen molar-refractivity contribution in [3.05, 3.63) is 76.1 Å². The molecule has 2 aromatic heterocycles. The maximum atomic E-state index is 13.4. The van der Waals surface area contributed by atoms with E-state index in [1.807, 2.05) is 19.1 Å². The molecule has 206 valence electrons. The molecule has 5 rings (SSSR count). The van der Waals surface area contributed by atoms with Crippen molar-refractivity contribution in [2.45, 2.75) is 38.5 Å². The quantitative estimate of drug-likeness (QED) is 0.219. The first-order valence-corrected chi connectivity index (χ1v) is 14.0. The fourth-order valence-electron chi connectivity index (χ4n) is 4.23. The number of halogens is 2. The predicted molar refractivity (Wildman–Crippen MR) is 155 cm³/mol. The molecule has 0 aliphatic carbocycles. The Morgan fingerprint density at radius 1 is 1.23 bits per heavy atom. The number of rotatable bonds is 8. The molecule has 3 heterocycles. The molecule has 0 radical (unpaired) electrons. The molecule has 1 amide bonds. The normalized spacial score (nSPS) is 16.3. The van der Waals surface area contributed by atoms with Crippen LogP contribution in [0, 0.1) is 17.7 Å². The van der Waals surface area contributed by atoms with Crippen molar-refractivity contribution in [2.24, 2.45) is 0 Å². The van der Waals surface area contributed by atoms with Gasteiger partial charge < -0.3 is 20.1 Å². The molecule has 40 heavy (non-hydrogen) atoms. The van der Waals surface area contributed by atoms with E-state index in [1.54, 1.807) is 24.3 Å². The average Bonchev–Trinajstić information content (AvgIpc) is 3.58. The summed E-state index contributed by atoms with van der Waals surface area (Å²) in [6.45, 7) is 2.91. The number of alkyl carbamates (subject to hydrolysis) is 1. The van der Waals surface area contributed by atoms with E-state index in [4.69, 9.17) is 21.1 Å².